The summed E-state index contributed by atoms with van der Waals surface area (Å²) in [6.45, 7) is 6.82. The van der Waals surface area contributed by atoms with Crippen LogP contribution in [0.15, 0.2) is 6.20 Å². The van der Waals surface area contributed by atoms with Gasteiger partial charge < -0.3 is 25.0 Å². The van der Waals surface area contributed by atoms with Gasteiger partial charge in [0.2, 0.25) is 17.8 Å². The van der Waals surface area contributed by atoms with Crippen LogP contribution in [-0.4, -0.2) is 76.5 Å². The fourth-order valence-electron chi connectivity index (χ4n) is 3.64. The Balaban J connectivity index is 1.82. The summed E-state index contributed by atoms with van der Waals surface area (Å²) in [4.78, 5) is 24.1. The molecular weight excluding hydrogens is 417 g/mol. The van der Waals surface area contributed by atoms with Gasteiger partial charge in [0.25, 0.3) is 0 Å². The maximum Gasteiger partial charge on any atom is 0.434 e. The lowest BCUT2D eigenvalue weighted by Gasteiger charge is -2.36. The fraction of sp³-hybridized carbons (Fsp3) is 0.611. The first-order valence-corrected chi connectivity index (χ1v) is 9.90. The SMILES string of the molecule is C[C@@H]1CN(c2nc(-c3cnc(N)nc3C(F)(F)F)nc(N3CCOCC3)n2)C[C@H](C)O1. The van der Waals surface area contributed by atoms with E-state index in [2.05, 4.69) is 24.9 Å². The second-order valence-corrected chi connectivity index (χ2v) is 7.51. The van der Waals surface area contributed by atoms with E-state index in [0.29, 0.717) is 39.4 Å². The van der Waals surface area contributed by atoms with Crippen molar-refractivity contribution in [3.63, 3.8) is 0 Å². The second kappa shape index (κ2) is 8.38. The molecule has 31 heavy (non-hydrogen) atoms. The summed E-state index contributed by atoms with van der Waals surface area (Å²) in [6, 6.07) is 0. The molecule has 2 aromatic rings. The molecule has 2 aliphatic heterocycles. The van der Waals surface area contributed by atoms with Crippen LogP contribution >= 0.6 is 0 Å². The molecule has 10 nitrogen and oxygen atoms in total. The Morgan fingerprint density at radius 1 is 0.968 bits per heavy atom. The van der Waals surface area contributed by atoms with Crippen molar-refractivity contribution in [2.45, 2.75) is 32.2 Å². The highest BCUT2D eigenvalue weighted by molar-refractivity contribution is 5.62. The van der Waals surface area contributed by atoms with E-state index in [1.807, 2.05) is 23.6 Å². The maximum atomic E-state index is 13.7. The summed E-state index contributed by atoms with van der Waals surface area (Å²) < 4.78 is 52.1. The van der Waals surface area contributed by atoms with Crippen molar-refractivity contribution in [2.24, 2.45) is 0 Å². The number of anilines is 3. The summed E-state index contributed by atoms with van der Waals surface area (Å²) in [5.74, 6) is -0.0845. The van der Waals surface area contributed by atoms with E-state index < -0.39 is 17.8 Å². The Kier molecular flexibility index (Phi) is 5.79. The predicted octanol–water partition coefficient (Wildman–Crippen LogP) is 1.38. The van der Waals surface area contributed by atoms with E-state index in [4.69, 9.17) is 15.2 Å². The summed E-state index contributed by atoms with van der Waals surface area (Å²) in [7, 11) is 0. The average molecular weight is 440 g/mol. The number of halogens is 3. The average Bonchev–Trinajstić information content (AvgIpc) is 2.73. The Morgan fingerprint density at radius 3 is 2.19 bits per heavy atom. The smallest absolute Gasteiger partial charge is 0.378 e. The molecule has 0 unspecified atom stereocenters. The highest BCUT2D eigenvalue weighted by Gasteiger charge is 2.38. The van der Waals surface area contributed by atoms with Crippen molar-refractivity contribution < 1.29 is 22.6 Å². The van der Waals surface area contributed by atoms with Gasteiger partial charge in [-0.1, -0.05) is 0 Å². The minimum atomic E-state index is -4.75. The van der Waals surface area contributed by atoms with Gasteiger partial charge in [-0.25, -0.2) is 9.97 Å². The van der Waals surface area contributed by atoms with Gasteiger partial charge >= 0.3 is 6.18 Å². The lowest BCUT2D eigenvalue weighted by Crippen LogP contribution is -2.46. The minimum Gasteiger partial charge on any atom is -0.378 e. The predicted molar refractivity (Wildman–Crippen MR) is 106 cm³/mol. The molecule has 2 aliphatic rings. The topological polar surface area (TPSA) is 115 Å². The lowest BCUT2D eigenvalue weighted by molar-refractivity contribution is -0.140. The van der Waals surface area contributed by atoms with E-state index in [-0.39, 0.29) is 35.5 Å². The fourth-order valence-corrected chi connectivity index (χ4v) is 3.64. The molecule has 4 rings (SSSR count). The standard InChI is InChI=1S/C18H23F3N8O2/c1-10-8-29(9-11(2)31-10)17-26-14(25-16(27-17)28-3-5-30-6-4-28)12-7-23-15(22)24-13(12)18(19,20)21/h7,10-11H,3-6,8-9H2,1-2H3,(H2,22,23,24)/t10-,11+. The Bertz CT molecular complexity index is 929. The Morgan fingerprint density at radius 2 is 1.58 bits per heavy atom. The molecule has 2 saturated heterocycles. The van der Waals surface area contributed by atoms with Crippen LogP contribution in [0.3, 0.4) is 0 Å². The molecule has 4 heterocycles. The molecule has 2 fully saturated rings. The first kappa shape index (κ1) is 21.4. The highest BCUT2D eigenvalue weighted by Crippen LogP contribution is 2.35. The van der Waals surface area contributed by atoms with Crippen molar-refractivity contribution in [1.29, 1.82) is 0 Å². The number of alkyl halides is 3. The molecule has 2 aromatic heterocycles. The maximum absolute atomic E-state index is 13.7. The number of hydrogen-bond donors (Lipinski definition) is 1. The van der Waals surface area contributed by atoms with Gasteiger partial charge in [-0.2, -0.15) is 28.1 Å². The Hall–Kier alpha value is -2.80. The summed E-state index contributed by atoms with van der Waals surface area (Å²) >= 11 is 0. The van der Waals surface area contributed by atoms with Gasteiger partial charge in [0, 0.05) is 32.4 Å². The van der Waals surface area contributed by atoms with Crippen LogP contribution in [-0.2, 0) is 15.7 Å². The van der Waals surface area contributed by atoms with E-state index in [9.17, 15) is 13.2 Å². The molecule has 168 valence electrons. The second-order valence-electron chi connectivity index (χ2n) is 7.51. The van der Waals surface area contributed by atoms with Gasteiger partial charge in [-0.05, 0) is 13.8 Å². The van der Waals surface area contributed by atoms with Crippen molar-refractivity contribution in [2.75, 3.05) is 54.9 Å². The lowest BCUT2D eigenvalue weighted by atomic mass is 10.2. The first-order chi connectivity index (χ1) is 14.7. The third-order valence-electron chi connectivity index (χ3n) is 4.92. The Labute approximate surface area is 176 Å². The van der Waals surface area contributed by atoms with Crippen LogP contribution in [0.5, 0.6) is 0 Å². The van der Waals surface area contributed by atoms with Crippen LogP contribution in [0, 0.1) is 0 Å². The van der Waals surface area contributed by atoms with Crippen molar-refractivity contribution in [3.05, 3.63) is 11.9 Å². The van der Waals surface area contributed by atoms with Crippen LogP contribution < -0.4 is 15.5 Å². The molecular formula is C18H23F3N8O2. The number of nitrogens with zero attached hydrogens (tertiary/aromatic N) is 7. The third-order valence-corrected chi connectivity index (χ3v) is 4.92. The molecule has 0 amide bonds. The molecule has 0 radical (unpaired) electrons. The summed E-state index contributed by atoms with van der Waals surface area (Å²) in [5, 5.41) is 0. The number of nitrogens with two attached hydrogens (primary N) is 1. The van der Waals surface area contributed by atoms with Crippen LogP contribution in [0.4, 0.5) is 31.0 Å². The van der Waals surface area contributed by atoms with Gasteiger partial charge in [0.05, 0.1) is 31.0 Å². The number of ether oxygens (including phenoxy) is 2. The monoisotopic (exact) mass is 440 g/mol. The molecule has 0 bridgehead atoms. The van der Waals surface area contributed by atoms with E-state index in [1.54, 1.807) is 0 Å². The van der Waals surface area contributed by atoms with Crippen molar-refractivity contribution >= 4 is 17.8 Å². The summed E-state index contributed by atoms with van der Waals surface area (Å²) in [5.41, 5.74) is 3.87. The normalized spacial score (nSPS) is 22.6. The number of rotatable bonds is 3. The molecule has 2 atom stereocenters. The van der Waals surface area contributed by atoms with E-state index >= 15 is 0 Å². The van der Waals surface area contributed by atoms with Gasteiger partial charge in [0.15, 0.2) is 11.5 Å². The molecule has 13 heteroatoms. The molecule has 0 aromatic carbocycles. The summed E-state index contributed by atoms with van der Waals surface area (Å²) in [6.07, 6.45) is -3.92. The number of nitrogen functional groups attached to an aromatic ring is 1. The molecule has 0 saturated carbocycles. The van der Waals surface area contributed by atoms with Crippen LogP contribution in [0.2, 0.25) is 0 Å². The van der Waals surface area contributed by atoms with Crippen molar-refractivity contribution in [1.82, 2.24) is 24.9 Å². The quantitative estimate of drug-likeness (QED) is 0.750. The highest BCUT2D eigenvalue weighted by atomic mass is 19.4. The number of morpholine rings is 2. The first-order valence-electron chi connectivity index (χ1n) is 9.90. The minimum absolute atomic E-state index is 0.0820. The van der Waals surface area contributed by atoms with E-state index in [0.717, 1.165) is 6.20 Å². The zero-order chi connectivity index (χ0) is 22.2. The third kappa shape index (κ3) is 4.77. The zero-order valence-corrected chi connectivity index (χ0v) is 17.1. The largest absolute Gasteiger partial charge is 0.434 e. The van der Waals surface area contributed by atoms with Gasteiger partial charge in [0.1, 0.15) is 0 Å². The van der Waals surface area contributed by atoms with Crippen molar-refractivity contribution in [3.8, 4) is 11.4 Å². The van der Waals surface area contributed by atoms with E-state index in [1.165, 1.54) is 0 Å². The van der Waals surface area contributed by atoms with Crippen LogP contribution in [0.1, 0.15) is 19.5 Å². The zero-order valence-electron chi connectivity index (χ0n) is 17.1. The van der Waals surface area contributed by atoms with Gasteiger partial charge in [-0.15, -0.1) is 0 Å². The number of hydrogen-bond acceptors (Lipinski definition) is 10. The molecule has 0 aliphatic carbocycles. The molecule has 2 N–H and O–H groups in total. The molecule has 0 spiro atoms. The van der Waals surface area contributed by atoms with Gasteiger partial charge in [-0.3, -0.25) is 0 Å². The number of aromatic nitrogens is 5. The van der Waals surface area contributed by atoms with Crippen LogP contribution in [0.25, 0.3) is 11.4 Å².